The lowest BCUT2D eigenvalue weighted by Crippen LogP contribution is -2.40. The largest absolute Gasteiger partial charge is 0.469 e. The van der Waals surface area contributed by atoms with Crippen LogP contribution in [0, 0.1) is 0 Å². The van der Waals surface area contributed by atoms with Gasteiger partial charge in [-0.05, 0) is 13.0 Å². The van der Waals surface area contributed by atoms with Crippen molar-refractivity contribution in [1.29, 1.82) is 0 Å². The lowest BCUT2D eigenvalue weighted by atomic mass is 10.1. The molecular formula is C16H31NO4. The van der Waals surface area contributed by atoms with Crippen LogP contribution < -0.4 is 5.32 Å². The molecule has 0 saturated carbocycles. The normalized spacial score (nSPS) is 12.0. The highest BCUT2D eigenvalue weighted by molar-refractivity contribution is 5.82. The summed E-state index contributed by atoms with van der Waals surface area (Å²) in [6, 6.07) is -0.605. The first-order chi connectivity index (χ1) is 10.2. The molecule has 0 aliphatic heterocycles. The highest BCUT2D eigenvalue weighted by Gasteiger charge is 2.22. The van der Waals surface area contributed by atoms with Gasteiger partial charge in [0.2, 0.25) is 0 Å². The number of nitrogens with one attached hydrogen (secondary N) is 1. The molecule has 0 unspecified atom stereocenters. The van der Waals surface area contributed by atoms with E-state index in [-0.39, 0.29) is 6.42 Å². The molecule has 0 spiro atoms. The van der Waals surface area contributed by atoms with E-state index in [1.807, 2.05) is 0 Å². The van der Waals surface area contributed by atoms with Crippen molar-refractivity contribution < 1.29 is 19.1 Å². The maximum absolute atomic E-state index is 11.5. The molecule has 0 amide bonds. The van der Waals surface area contributed by atoms with Crippen LogP contribution in [-0.2, 0) is 19.1 Å². The maximum atomic E-state index is 11.5. The summed E-state index contributed by atoms with van der Waals surface area (Å²) in [5.74, 6) is -0.825. The summed E-state index contributed by atoms with van der Waals surface area (Å²) in [7, 11) is 2.64. The van der Waals surface area contributed by atoms with E-state index in [1.165, 1.54) is 52.7 Å². The van der Waals surface area contributed by atoms with Crippen molar-refractivity contribution >= 4 is 11.9 Å². The second-order valence-electron chi connectivity index (χ2n) is 5.29. The first-order valence-electron chi connectivity index (χ1n) is 8.03. The molecule has 0 bridgehead atoms. The van der Waals surface area contributed by atoms with Gasteiger partial charge < -0.3 is 14.8 Å². The number of carbonyl (C=O) groups excluding carboxylic acids is 2. The van der Waals surface area contributed by atoms with E-state index < -0.39 is 18.0 Å². The van der Waals surface area contributed by atoms with Gasteiger partial charge in [0.25, 0.3) is 0 Å². The van der Waals surface area contributed by atoms with Gasteiger partial charge in [-0.25, -0.2) is 0 Å². The maximum Gasteiger partial charge on any atom is 0.323 e. The molecule has 0 aliphatic rings. The third-order valence-electron chi connectivity index (χ3n) is 3.51. The summed E-state index contributed by atoms with van der Waals surface area (Å²) < 4.78 is 9.26. The third-order valence-corrected chi connectivity index (χ3v) is 3.51. The molecule has 1 atom stereocenters. The highest BCUT2D eigenvalue weighted by atomic mass is 16.5. The summed E-state index contributed by atoms with van der Waals surface area (Å²) in [6.45, 7) is 2.93. The summed E-state index contributed by atoms with van der Waals surface area (Å²) in [6.07, 6.45) is 9.92. The van der Waals surface area contributed by atoms with Crippen LogP contribution in [-0.4, -0.2) is 38.7 Å². The molecule has 124 valence electrons. The molecule has 1 N–H and O–H groups in total. The number of esters is 2. The molecule has 0 rings (SSSR count). The van der Waals surface area contributed by atoms with Crippen LogP contribution in [0.4, 0.5) is 0 Å². The Labute approximate surface area is 128 Å². The SMILES string of the molecule is CCCCCCCCCCN[C@@H](CC(=O)OC)C(=O)OC. The van der Waals surface area contributed by atoms with Crippen molar-refractivity contribution in [2.75, 3.05) is 20.8 Å². The fraction of sp³-hybridized carbons (Fsp3) is 0.875. The molecule has 0 aliphatic carbocycles. The first kappa shape index (κ1) is 19.9. The minimum Gasteiger partial charge on any atom is -0.469 e. The van der Waals surface area contributed by atoms with E-state index >= 15 is 0 Å². The molecule has 0 saturated heterocycles. The van der Waals surface area contributed by atoms with Crippen LogP contribution in [0.2, 0.25) is 0 Å². The van der Waals surface area contributed by atoms with E-state index in [1.54, 1.807) is 0 Å². The number of carbonyl (C=O) groups is 2. The Morgan fingerprint density at radius 2 is 1.48 bits per heavy atom. The van der Waals surface area contributed by atoms with Gasteiger partial charge in [0.15, 0.2) is 0 Å². The Morgan fingerprint density at radius 3 is 2.00 bits per heavy atom. The van der Waals surface area contributed by atoms with E-state index in [0.717, 1.165) is 12.8 Å². The Hall–Kier alpha value is -1.10. The quantitative estimate of drug-likeness (QED) is 0.418. The fourth-order valence-electron chi connectivity index (χ4n) is 2.17. The zero-order valence-corrected chi connectivity index (χ0v) is 13.8. The van der Waals surface area contributed by atoms with Gasteiger partial charge in [0.1, 0.15) is 6.04 Å². The molecule has 5 nitrogen and oxygen atoms in total. The smallest absolute Gasteiger partial charge is 0.323 e. The molecule has 0 aromatic carbocycles. The second-order valence-corrected chi connectivity index (χ2v) is 5.29. The number of methoxy groups -OCH3 is 2. The van der Waals surface area contributed by atoms with Gasteiger partial charge in [0.05, 0.1) is 20.6 Å². The molecule has 0 heterocycles. The molecule has 5 heteroatoms. The number of unbranched alkanes of at least 4 members (excludes halogenated alkanes) is 7. The van der Waals surface area contributed by atoms with Gasteiger partial charge in [0, 0.05) is 0 Å². The predicted octanol–water partition coefficient (Wildman–Crippen LogP) is 2.82. The number of hydrogen-bond donors (Lipinski definition) is 1. The summed E-state index contributed by atoms with van der Waals surface area (Å²) >= 11 is 0. The average molecular weight is 301 g/mol. The first-order valence-corrected chi connectivity index (χ1v) is 8.03. The lowest BCUT2D eigenvalue weighted by molar-refractivity contribution is -0.149. The zero-order chi connectivity index (χ0) is 15.9. The highest BCUT2D eigenvalue weighted by Crippen LogP contribution is 2.08. The fourth-order valence-corrected chi connectivity index (χ4v) is 2.17. The van der Waals surface area contributed by atoms with Crippen LogP contribution >= 0.6 is 0 Å². The standard InChI is InChI=1S/C16H31NO4/c1-4-5-6-7-8-9-10-11-12-17-14(16(19)21-3)13-15(18)20-2/h14,17H,4-13H2,1-3H3/t14-/m0/s1. The van der Waals surface area contributed by atoms with Crippen molar-refractivity contribution in [1.82, 2.24) is 5.32 Å². The molecule has 0 radical (unpaired) electrons. The average Bonchev–Trinajstić information content (AvgIpc) is 2.51. The number of hydrogen-bond acceptors (Lipinski definition) is 5. The van der Waals surface area contributed by atoms with Crippen molar-refractivity contribution in [3.05, 3.63) is 0 Å². The van der Waals surface area contributed by atoms with Crippen molar-refractivity contribution in [2.24, 2.45) is 0 Å². The third kappa shape index (κ3) is 11.3. The Balaban J connectivity index is 3.68. The van der Waals surface area contributed by atoms with Gasteiger partial charge in [-0.2, -0.15) is 0 Å². The van der Waals surface area contributed by atoms with Crippen molar-refractivity contribution in [3.63, 3.8) is 0 Å². The molecule has 21 heavy (non-hydrogen) atoms. The van der Waals surface area contributed by atoms with Crippen LogP contribution in [0.5, 0.6) is 0 Å². The van der Waals surface area contributed by atoms with Crippen LogP contribution in [0.25, 0.3) is 0 Å². The second kappa shape index (κ2) is 13.9. The van der Waals surface area contributed by atoms with Crippen LogP contribution in [0.1, 0.15) is 64.7 Å². The van der Waals surface area contributed by atoms with E-state index in [2.05, 4.69) is 21.7 Å². The lowest BCUT2D eigenvalue weighted by Gasteiger charge is -2.15. The van der Waals surface area contributed by atoms with Gasteiger partial charge in [-0.1, -0.05) is 51.9 Å². The monoisotopic (exact) mass is 301 g/mol. The minimum atomic E-state index is -0.605. The topological polar surface area (TPSA) is 64.6 Å². The Bertz CT molecular complexity index is 281. The molecule has 0 fully saturated rings. The molecular weight excluding hydrogens is 270 g/mol. The summed E-state index contributed by atoms with van der Waals surface area (Å²) in [5, 5.41) is 3.07. The summed E-state index contributed by atoms with van der Waals surface area (Å²) in [4.78, 5) is 22.8. The zero-order valence-electron chi connectivity index (χ0n) is 13.8. The van der Waals surface area contributed by atoms with Gasteiger partial charge >= 0.3 is 11.9 Å². The van der Waals surface area contributed by atoms with E-state index in [0.29, 0.717) is 6.54 Å². The van der Waals surface area contributed by atoms with Crippen LogP contribution in [0.15, 0.2) is 0 Å². The molecule has 0 aromatic rings. The number of rotatable bonds is 13. The van der Waals surface area contributed by atoms with Crippen molar-refractivity contribution in [3.8, 4) is 0 Å². The molecule has 0 aromatic heterocycles. The van der Waals surface area contributed by atoms with Gasteiger partial charge in [-0.3, -0.25) is 9.59 Å². The Kier molecular flexibility index (Phi) is 13.1. The predicted molar refractivity (Wildman–Crippen MR) is 83.0 cm³/mol. The van der Waals surface area contributed by atoms with Crippen LogP contribution in [0.3, 0.4) is 0 Å². The van der Waals surface area contributed by atoms with E-state index in [4.69, 9.17) is 0 Å². The van der Waals surface area contributed by atoms with Gasteiger partial charge in [-0.15, -0.1) is 0 Å². The number of ether oxygens (including phenoxy) is 2. The Morgan fingerprint density at radius 1 is 0.905 bits per heavy atom. The summed E-state index contributed by atoms with van der Waals surface area (Å²) in [5.41, 5.74) is 0. The minimum absolute atomic E-state index is 0.0141. The van der Waals surface area contributed by atoms with Crippen molar-refractivity contribution in [2.45, 2.75) is 70.8 Å². The van der Waals surface area contributed by atoms with E-state index in [9.17, 15) is 9.59 Å².